The van der Waals surface area contributed by atoms with Gasteiger partial charge in [0.1, 0.15) is 23.3 Å². The molecule has 0 saturated heterocycles. The highest BCUT2D eigenvalue weighted by molar-refractivity contribution is 6.85. The molecule has 0 radical (unpaired) electrons. The molecule has 0 aliphatic rings. The monoisotopic (exact) mass is 488 g/mol. The van der Waals surface area contributed by atoms with E-state index in [1.165, 1.54) is 12.1 Å². The summed E-state index contributed by atoms with van der Waals surface area (Å²) in [4.78, 5) is 7.13. The lowest BCUT2D eigenvalue weighted by molar-refractivity contribution is 0.623. The van der Waals surface area contributed by atoms with Crippen molar-refractivity contribution >= 4 is 17.6 Å². The fourth-order valence-corrected chi connectivity index (χ4v) is 4.15. The van der Waals surface area contributed by atoms with Crippen molar-refractivity contribution in [1.82, 2.24) is 9.97 Å². The molecule has 0 unspecified atom stereocenters. The van der Waals surface area contributed by atoms with E-state index in [4.69, 9.17) is 0 Å². The van der Waals surface area contributed by atoms with Gasteiger partial charge in [-0.1, -0.05) is 74.8 Å². The molecule has 0 aliphatic carbocycles. The van der Waals surface area contributed by atoms with Crippen LogP contribution in [0.1, 0.15) is 43.6 Å². The summed E-state index contributed by atoms with van der Waals surface area (Å²) in [5.41, 5.74) is 3.11. The Bertz CT molecular complexity index is 1190. The van der Waals surface area contributed by atoms with E-state index in [1.54, 1.807) is 60.9 Å². The second kappa shape index (κ2) is 14.1. The summed E-state index contributed by atoms with van der Waals surface area (Å²) < 4.78 is 41.4. The van der Waals surface area contributed by atoms with Gasteiger partial charge in [-0.3, -0.25) is 0 Å². The maximum absolute atomic E-state index is 14.1. The number of aromatic amines is 1. The number of benzene rings is 3. The van der Waals surface area contributed by atoms with Crippen molar-refractivity contribution in [1.29, 1.82) is 0 Å². The first-order valence-corrected chi connectivity index (χ1v) is 12.4. The first-order valence-electron chi connectivity index (χ1n) is 12.4. The van der Waals surface area contributed by atoms with Crippen molar-refractivity contribution in [2.75, 3.05) is 0 Å². The van der Waals surface area contributed by atoms with Crippen LogP contribution in [0.3, 0.4) is 0 Å². The minimum Gasteiger partial charge on any atom is -0.348 e. The van der Waals surface area contributed by atoms with Gasteiger partial charge in [0.05, 0.1) is 0 Å². The summed E-state index contributed by atoms with van der Waals surface area (Å²) in [5, 5.41) is 0. The fourth-order valence-electron chi connectivity index (χ4n) is 4.15. The molecular weight excluding hydrogens is 456 g/mol. The molecule has 3 aromatic carbocycles. The third kappa shape index (κ3) is 8.01. The smallest absolute Gasteiger partial charge is 0.217 e. The number of hydrogen-bond donors (Lipinski definition) is 1. The predicted octanol–water partition coefficient (Wildman–Crippen LogP) is 6.63. The maximum Gasteiger partial charge on any atom is 0.217 e. The van der Waals surface area contributed by atoms with Gasteiger partial charge in [0.2, 0.25) is 6.71 Å². The molecule has 6 heteroatoms. The van der Waals surface area contributed by atoms with Crippen LogP contribution < -0.4 is 10.9 Å². The summed E-state index contributed by atoms with van der Waals surface area (Å²) in [6.07, 6.45) is 11.6. The molecule has 2 nitrogen and oxygen atoms in total. The summed E-state index contributed by atoms with van der Waals surface area (Å²) in [5.74, 6) is 0.147. The standard InChI is InChI=1S/C18H19BF2.C12H13FN2/c1-2-3-4-9-14-19(15-10-5-7-12-17(15)20)16-11-6-8-13-18(16)21;1-2-9-5-10(7-11(13)6-9)8-12-14-3-4-15-12/h3-8,10-13H,2,9,14H2,1H3;3-7H,2,8H2,1H3,(H,14,15). The molecule has 1 aromatic heterocycles. The molecule has 0 amide bonds. The van der Waals surface area contributed by atoms with Crippen LogP contribution in [0.4, 0.5) is 13.2 Å². The molecule has 0 spiro atoms. The molecule has 0 fully saturated rings. The van der Waals surface area contributed by atoms with Crippen molar-refractivity contribution in [2.45, 2.75) is 45.9 Å². The second-order valence-electron chi connectivity index (χ2n) is 8.59. The van der Waals surface area contributed by atoms with Crippen LogP contribution in [0.15, 0.2) is 91.3 Å². The third-order valence-electron chi connectivity index (χ3n) is 5.94. The second-order valence-corrected chi connectivity index (χ2v) is 8.59. The third-order valence-corrected chi connectivity index (χ3v) is 5.94. The Kier molecular flexibility index (Phi) is 10.6. The van der Waals surface area contributed by atoms with Gasteiger partial charge in [-0.2, -0.15) is 0 Å². The number of aryl methyl sites for hydroxylation is 1. The average molecular weight is 488 g/mol. The Labute approximate surface area is 212 Å². The Morgan fingerprint density at radius 1 is 0.833 bits per heavy atom. The normalized spacial score (nSPS) is 10.8. The molecule has 0 aliphatic heterocycles. The van der Waals surface area contributed by atoms with Crippen molar-refractivity contribution in [3.63, 3.8) is 0 Å². The summed E-state index contributed by atoms with van der Waals surface area (Å²) in [6.45, 7) is 3.83. The number of halogens is 3. The van der Waals surface area contributed by atoms with Crippen LogP contribution in [0.2, 0.25) is 6.32 Å². The van der Waals surface area contributed by atoms with Gasteiger partial charge in [-0.25, -0.2) is 18.2 Å². The van der Waals surface area contributed by atoms with Crippen molar-refractivity contribution in [3.8, 4) is 0 Å². The van der Waals surface area contributed by atoms with E-state index in [9.17, 15) is 13.2 Å². The zero-order valence-electron chi connectivity index (χ0n) is 20.9. The Morgan fingerprint density at radius 2 is 1.47 bits per heavy atom. The first-order chi connectivity index (χ1) is 17.5. The van der Waals surface area contributed by atoms with E-state index in [0.717, 1.165) is 36.2 Å². The van der Waals surface area contributed by atoms with Gasteiger partial charge >= 0.3 is 0 Å². The van der Waals surface area contributed by atoms with Crippen LogP contribution in [0.25, 0.3) is 0 Å². The molecule has 36 heavy (non-hydrogen) atoms. The zero-order chi connectivity index (χ0) is 25.8. The molecule has 0 atom stereocenters. The topological polar surface area (TPSA) is 28.7 Å². The highest BCUT2D eigenvalue weighted by Crippen LogP contribution is 2.12. The van der Waals surface area contributed by atoms with Gasteiger partial charge in [-0.15, -0.1) is 0 Å². The van der Waals surface area contributed by atoms with Gasteiger partial charge in [0.15, 0.2) is 0 Å². The van der Waals surface area contributed by atoms with E-state index < -0.39 is 0 Å². The lowest BCUT2D eigenvalue weighted by atomic mass is 9.38. The van der Waals surface area contributed by atoms with Gasteiger partial charge in [-0.05, 0) is 65.6 Å². The first kappa shape index (κ1) is 27.1. The Balaban J connectivity index is 0.000000212. The van der Waals surface area contributed by atoms with Gasteiger partial charge in [0.25, 0.3) is 0 Å². The number of nitrogens with one attached hydrogen (secondary N) is 1. The minimum absolute atomic E-state index is 0.170. The quantitative estimate of drug-likeness (QED) is 0.208. The summed E-state index contributed by atoms with van der Waals surface area (Å²) >= 11 is 0. The summed E-state index contributed by atoms with van der Waals surface area (Å²) in [7, 11) is 0. The van der Waals surface area contributed by atoms with E-state index in [0.29, 0.717) is 23.7 Å². The SMILES string of the molecule is CCC=CCCB(c1ccccc1F)c1ccccc1F.CCc1cc(F)cc(Cc2ncc[nH]2)c1. The maximum atomic E-state index is 14.1. The van der Waals surface area contributed by atoms with Crippen molar-refractivity contribution < 1.29 is 13.2 Å². The molecule has 4 rings (SSSR count). The summed E-state index contributed by atoms with van der Waals surface area (Å²) in [6, 6.07) is 18.4. The Hall–Kier alpha value is -3.54. The van der Waals surface area contributed by atoms with E-state index in [-0.39, 0.29) is 24.2 Å². The number of nitrogens with zero attached hydrogens (tertiary/aromatic N) is 1. The van der Waals surface area contributed by atoms with Crippen LogP contribution in [0.5, 0.6) is 0 Å². The highest BCUT2D eigenvalue weighted by atomic mass is 19.1. The van der Waals surface area contributed by atoms with Crippen LogP contribution >= 0.6 is 0 Å². The molecule has 4 aromatic rings. The van der Waals surface area contributed by atoms with Gasteiger partial charge < -0.3 is 4.98 Å². The zero-order valence-corrected chi connectivity index (χ0v) is 20.9. The van der Waals surface area contributed by atoms with Crippen LogP contribution in [0, 0.1) is 17.5 Å². The molecular formula is C30H32BF3N2. The molecule has 0 bridgehead atoms. The fraction of sp³-hybridized carbons (Fsp3) is 0.233. The van der Waals surface area contributed by atoms with Crippen molar-refractivity contribution in [2.24, 2.45) is 0 Å². The number of allylic oxidation sites excluding steroid dienone is 2. The van der Waals surface area contributed by atoms with Crippen LogP contribution in [-0.2, 0) is 12.8 Å². The van der Waals surface area contributed by atoms with Crippen molar-refractivity contribution in [3.05, 3.63) is 126 Å². The van der Waals surface area contributed by atoms with E-state index in [2.05, 4.69) is 29.0 Å². The lowest BCUT2D eigenvalue weighted by Gasteiger charge is -2.15. The van der Waals surface area contributed by atoms with E-state index >= 15 is 0 Å². The number of H-pyrrole nitrogens is 1. The van der Waals surface area contributed by atoms with Gasteiger partial charge in [0, 0.05) is 18.8 Å². The number of hydrogen-bond acceptors (Lipinski definition) is 1. The lowest BCUT2D eigenvalue weighted by Crippen LogP contribution is -2.45. The molecule has 1 heterocycles. The largest absolute Gasteiger partial charge is 0.348 e. The molecule has 1 N–H and O–H groups in total. The number of rotatable bonds is 9. The van der Waals surface area contributed by atoms with E-state index in [1.807, 2.05) is 13.0 Å². The average Bonchev–Trinajstić information content (AvgIpc) is 3.38. The highest BCUT2D eigenvalue weighted by Gasteiger charge is 2.24. The molecule has 186 valence electrons. The Morgan fingerprint density at radius 3 is 2.03 bits per heavy atom. The minimum atomic E-state index is -0.273. The van der Waals surface area contributed by atoms with Crippen LogP contribution in [-0.4, -0.2) is 16.7 Å². The molecule has 0 saturated carbocycles. The predicted molar refractivity (Wildman–Crippen MR) is 144 cm³/mol. The number of aromatic nitrogens is 2. The number of imidazole rings is 1.